The fraction of sp³-hybridized carbons (Fsp3) is 1.00. The number of thiol groups is 1. The summed E-state index contributed by atoms with van der Waals surface area (Å²) in [7, 11) is 6.14. The van der Waals surface area contributed by atoms with Gasteiger partial charge in [0.05, 0.1) is 21.1 Å². The number of nitrogens with zero attached hydrogens (tertiary/aromatic N) is 1. The topological polar surface area (TPSA) is 20.2 Å². The Balaban J connectivity index is 3.47. The van der Waals surface area contributed by atoms with E-state index in [0.29, 0.717) is 5.75 Å². The van der Waals surface area contributed by atoms with Crippen molar-refractivity contribution in [1.82, 2.24) is 0 Å². The molecule has 0 bridgehead atoms. The van der Waals surface area contributed by atoms with Gasteiger partial charge in [0.15, 0.2) is 0 Å². The quantitative estimate of drug-likeness (QED) is 0.428. The summed E-state index contributed by atoms with van der Waals surface area (Å²) in [5, 5.41) is 9.10. The van der Waals surface area contributed by atoms with Gasteiger partial charge < -0.3 is 9.59 Å². The number of hydrogen-bond acceptors (Lipinski definition) is 2. The van der Waals surface area contributed by atoms with Crippen molar-refractivity contribution in [2.75, 3.05) is 33.4 Å². The van der Waals surface area contributed by atoms with E-state index in [0.717, 1.165) is 11.0 Å². The van der Waals surface area contributed by atoms with Gasteiger partial charge in [-0.3, -0.25) is 0 Å². The fourth-order valence-electron chi connectivity index (χ4n) is 0.690. The maximum Gasteiger partial charge on any atom is 0.112 e. The molecular formula is C6H16NOS+. The van der Waals surface area contributed by atoms with E-state index < -0.39 is 0 Å². The van der Waals surface area contributed by atoms with Gasteiger partial charge in [-0.25, -0.2) is 0 Å². The molecule has 0 aliphatic heterocycles. The molecule has 0 rings (SSSR count). The van der Waals surface area contributed by atoms with E-state index in [1.807, 2.05) is 21.1 Å². The lowest BCUT2D eigenvalue weighted by atomic mass is 10.3. The van der Waals surface area contributed by atoms with Gasteiger partial charge in [-0.1, -0.05) is 0 Å². The van der Waals surface area contributed by atoms with Gasteiger partial charge in [0, 0.05) is 5.75 Å². The van der Waals surface area contributed by atoms with Crippen LogP contribution >= 0.6 is 12.6 Å². The van der Waals surface area contributed by atoms with Gasteiger partial charge in [0.25, 0.3) is 0 Å². The highest BCUT2D eigenvalue weighted by atomic mass is 32.1. The monoisotopic (exact) mass is 150 g/mol. The van der Waals surface area contributed by atoms with Crippen molar-refractivity contribution in [3.63, 3.8) is 0 Å². The number of likely N-dealkylation sites (N-methyl/N-ethyl adjacent to an activating group) is 1. The average molecular weight is 150 g/mol. The van der Waals surface area contributed by atoms with Crippen LogP contribution in [0.2, 0.25) is 0 Å². The first kappa shape index (κ1) is 9.27. The molecule has 0 amide bonds. The van der Waals surface area contributed by atoms with Crippen molar-refractivity contribution in [3.05, 3.63) is 0 Å². The van der Waals surface area contributed by atoms with Crippen LogP contribution in [-0.4, -0.2) is 49.1 Å². The largest absolute Gasteiger partial charge is 0.386 e. The standard InChI is InChI=1S/C6H15NOS/c1-7(2,3)4-6(8)5-9/h6,8H,4-5H2,1-3H3/p+1. The molecule has 0 saturated carbocycles. The Morgan fingerprint density at radius 1 is 1.44 bits per heavy atom. The van der Waals surface area contributed by atoms with Crippen molar-refractivity contribution in [2.45, 2.75) is 6.10 Å². The molecule has 1 unspecified atom stereocenters. The highest BCUT2D eigenvalue weighted by Crippen LogP contribution is 1.95. The zero-order chi connectivity index (χ0) is 7.49. The molecule has 56 valence electrons. The molecule has 0 aromatic carbocycles. The van der Waals surface area contributed by atoms with Crippen LogP contribution < -0.4 is 0 Å². The molecule has 3 heteroatoms. The van der Waals surface area contributed by atoms with Crippen LogP contribution in [0.4, 0.5) is 0 Å². The molecule has 0 aliphatic carbocycles. The third kappa shape index (κ3) is 6.15. The third-order valence-electron chi connectivity index (χ3n) is 0.969. The summed E-state index contributed by atoms with van der Waals surface area (Å²) in [6, 6.07) is 0. The van der Waals surface area contributed by atoms with E-state index in [9.17, 15) is 0 Å². The lowest BCUT2D eigenvalue weighted by molar-refractivity contribution is -0.873. The zero-order valence-electron chi connectivity index (χ0n) is 6.33. The van der Waals surface area contributed by atoms with Crippen LogP contribution in [0, 0.1) is 0 Å². The van der Waals surface area contributed by atoms with Crippen LogP contribution in [0.1, 0.15) is 0 Å². The molecule has 0 heterocycles. The lowest BCUT2D eigenvalue weighted by Crippen LogP contribution is -2.41. The van der Waals surface area contributed by atoms with E-state index >= 15 is 0 Å². The second-order valence-corrected chi connectivity index (χ2v) is 3.67. The first-order valence-electron chi connectivity index (χ1n) is 3.05. The molecule has 0 aromatic rings. The van der Waals surface area contributed by atoms with E-state index in [-0.39, 0.29) is 6.10 Å². The fourth-order valence-corrected chi connectivity index (χ4v) is 0.805. The highest BCUT2D eigenvalue weighted by Gasteiger charge is 2.12. The first-order chi connectivity index (χ1) is 3.95. The van der Waals surface area contributed by atoms with Crippen LogP contribution in [0.25, 0.3) is 0 Å². The Morgan fingerprint density at radius 3 is 2.00 bits per heavy atom. The molecule has 0 fully saturated rings. The van der Waals surface area contributed by atoms with Gasteiger partial charge >= 0.3 is 0 Å². The van der Waals surface area contributed by atoms with Gasteiger partial charge in [0.2, 0.25) is 0 Å². The number of rotatable bonds is 3. The number of quaternary nitrogens is 1. The van der Waals surface area contributed by atoms with Crippen LogP contribution in [0.15, 0.2) is 0 Å². The molecule has 0 radical (unpaired) electrons. The second-order valence-electron chi connectivity index (χ2n) is 3.31. The Kier molecular flexibility index (Phi) is 3.54. The van der Waals surface area contributed by atoms with E-state index in [2.05, 4.69) is 12.6 Å². The first-order valence-corrected chi connectivity index (χ1v) is 3.68. The molecule has 1 N–H and O–H groups in total. The SMILES string of the molecule is C[N+](C)(C)CC(O)CS. The van der Waals surface area contributed by atoms with Gasteiger partial charge in [-0.05, 0) is 0 Å². The van der Waals surface area contributed by atoms with Gasteiger partial charge in [-0.15, -0.1) is 0 Å². The average Bonchev–Trinajstić information content (AvgIpc) is 1.62. The summed E-state index contributed by atoms with van der Waals surface area (Å²) in [6.07, 6.45) is -0.270. The Hall–Kier alpha value is 0.270. The zero-order valence-corrected chi connectivity index (χ0v) is 7.23. The third-order valence-corrected chi connectivity index (χ3v) is 1.39. The minimum atomic E-state index is -0.270. The summed E-state index contributed by atoms with van der Waals surface area (Å²) < 4.78 is 0.793. The maximum atomic E-state index is 9.10. The summed E-state index contributed by atoms with van der Waals surface area (Å²) in [4.78, 5) is 0. The normalized spacial score (nSPS) is 15.7. The summed E-state index contributed by atoms with van der Waals surface area (Å²) >= 11 is 3.97. The number of hydrogen-bond donors (Lipinski definition) is 2. The summed E-state index contributed by atoms with van der Waals surface area (Å²) in [5.74, 6) is 0.551. The number of aliphatic hydroxyl groups excluding tert-OH is 1. The molecule has 9 heavy (non-hydrogen) atoms. The van der Waals surface area contributed by atoms with Crippen molar-refractivity contribution in [2.24, 2.45) is 0 Å². The van der Waals surface area contributed by atoms with Gasteiger partial charge in [0.1, 0.15) is 12.6 Å². The minimum Gasteiger partial charge on any atom is -0.386 e. The van der Waals surface area contributed by atoms with Crippen molar-refractivity contribution >= 4 is 12.6 Å². The summed E-state index contributed by atoms with van der Waals surface area (Å²) in [5.41, 5.74) is 0. The highest BCUT2D eigenvalue weighted by molar-refractivity contribution is 7.80. The van der Waals surface area contributed by atoms with E-state index in [1.165, 1.54) is 0 Å². The Bertz CT molecular complexity index is 79.6. The predicted molar refractivity (Wildman–Crippen MR) is 42.8 cm³/mol. The van der Waals surface area contributed by atoms with Crippen LogP contribution in [-0.2, 0) is 0 Å². The molecule has 1 atom stereocenters. The molecular weight excluding hydrogens is 134 g/mol. The van der Waals surface area contributed by atoms with Gasteiger partial charge in [-0.2, -0.15) is 12.6 Å². The van der Waals surface area contributed by atoms with Crippen LogP contribution in [0.5, 0.6) is 0 Å². The smallest absolute Gasteiger partial charge is 0.112 e. The molecule has 0 spiro atoms. The Morgan fingerprint density at radius 2 is 1.89 bits per heavy atom. The van der Waals surface area contributed by atoms with Crippen molar-refractivity contribution in [3.8, 4) is 0 Å². The maximum absolute atomic E-state index is 9.10. The van der Waals surface area contributed by atoms with Crippen molar-refractivity contribution < 1.29 is 9.59 Å². The van der Waals surface area contributed by atoms with Crippen molar-refractivity contribution in [1.29, 1.82) is 0 Å². The molecule has 0 aromatic heterocycles. The van der Waals surface area contributed by atoms with Crippen LogP contribution in [0.3, 0.4) is 0 Å². The molecule has 0 aliphatic rings. The lowest BCUT2D eigenvalue weighted by Gasteiger charge is -2.25. The van der Waals surface area contributed by atoms with E-state index in [1.54, 1.807) is 0 Å². The molecule has 2 nitrogen and oxygen atoms in total. The molecule has 0 saturated heterocycles. The number of aliphatic hydroxyl groups is 1. The Labute approximate surface area is 62.5 Å². The van der Waals surface area contributed by atoms with E-state index in [4.69, 9.17) is 5.11 Å². The predicted octanol–water partition coefficient (Wildman–Crippen LogP) is -0.0167. The summed E-state index contributed by atoms with van der Waals surface area (Å²) in [6.45, 7) is 0.767. The minimum absolute atomic E-state index is 0.270. The second kappa shape index (κ2) is 3.44.